The van der Waals surface area contributed by atoms with Crippen LogP contribution in [0.2, 0.25) is 0 Å². The van der Waals surface area contributed by atoms with Gasteiger partial charge in [-0.15, -0.1) is 0 Å². The number of nitrogens with zero attached hydrogens (tertiary/aromatic N) is 1. The van der Waals surface area contributed by atoms with Crippen LogP contribution in [0.1, 0.15) is 31.2 Å². The smallest absolute Gasteiger partial charge is 0.223 e. The molecule has 0 aromatic heterocycles. The summed E-state index contributed by atoms with van der Waals surface area (Å²) in [6.45, 7) is 1.70. The number of halogens is 2. The fourth-order valence-corrected chi connectivity index (χ4v) is 3.77. The van der Waals surface area contributed by atoms with Crippen LogP contribution in [-0.4, -0.2) is 47.8 Å². The minimum Gasteiger partial charge on any atom is -0.393 e. The van der Waals surface area contributed by atoms with E-state index in [1.165, 1.54) is 12.1 Å². The maximum Gasteiger partial charge on any atom is 0.223 e. The Morgan fingerprint density at radius 1 is 1.33 bits per heavy atom. The van der Waals surface area contributed by atoms with Gasteiger partial charge in [-0.3, -0.25) is 4.79 Å². The second-order valence-electron chi connectivity index (χ2n) is 6.63. The number of amides is 1. The molecule has 1 aromatic carbocycles. The Morgan fingerprint density at radius 3 is 2.92 bits per heavy atom. The molecule has 24 heavy (non-hydrogen) atoms. The van der Waals surface area contributed by atoms with Crippen molar-refractivity contribution in [2.24, 2.45) is 5.92 Å². The first-order chi connectivity index (χ1) is 11.6. The normalized spacial score (nSPS) is 27.5. The predicted molar refractivity (Wildman–Crippen MR) is 84.3 cm³/mol. The van der Waals surface area contributed by atoms with Crippen molar-refractivity contribution in [3.63, 3.8) is 0 Å². The Hall–Kier alpha value is -1.53. The van der Waals surface area contributed by atoms with Gasteiger partial charge in [-0.25, -0.2) is 8.78 Å². The fourth-order valence-electron chi connectivity index (χ4n) is 3.77. The molecule has 2 heterocycles. The van der Waals surface area contributed by atoms with E-state index in [9.17, 15) is 18.7 Å². The van der Waals surface area contributed by atoms with Crippen LogP contribution in [0.3, 0.4) is 0 Å². The van der Waals surface area contributed by atoms with Crippen molar-refractivity contribution in [3.05, 3.63) is 35.4 Å². The predicted octanol–water partition coefficient (Wildman–Crippen LogP) is 2.29. The third-order valence-corrected chi connectivity index (χ3v) is 5.10. The zero-order valence-corrected chi connectivity index (χ0v) is 13.6. The van der Waals surface area contributed by atoms with Gasteiger partial charge in [0.15, 0.2) is 0 Å². The topological polar surface area (TPSA) is 49.8 Å². The summed E-state index contributed by atoms with van der Waals surface area (Å²) in [4.78, 5) is 14.4. The number of hydrogen-bond acceptors (Lipinski definition) is 3. The molecular weight excluding hydrogens is 316 g/mol. The number of rotatable bonds is 4. The lowest BCUT2D eigenvalue weighted by molar-refractivity contribution is -0.136. The van der Waals surface area contributed by atoms with E-state index in [1.807, 2.05) is 4.90 Å². The third kappa shape index (κ3) is 3.75. The molecule has 2 aliphatic heterocycles. The number of carbonyl (C=O) groups is 1. The highest BCUT2D eigenvalue weighted by Gasteiger charge is 2.39. The zero-order valence-electron chi connectivity index (χ0n) is 13.6. The lowest BCUT2D eigenvalue weighted by Crippen LogP contribution is -2.48. The minimum absolute atomic E-state index is 0.00846. The molecule has 2 saturated heterocycles. The second kappa shape index (κ2) is 7.57. The van der Waals surface area contributed by atoms with Crippen LogP contribution < -0.4 is 0 Å². The van der Waals surface area contributed by atoms with Crippen molar-refractivity contribution in [2.45, 2.75) is 44.2 Å². The van der Waals surface area contributed by atoms with Crippen molar-refractivity contribution in [1.82, 2.24) is 4.90 Å². The van der Waals surface area contributed by atoms with Gasteiger partial charge in [0, 0.05) is 37.6 Å². The van der Waals surface area contributed by atoms with Crippen molar-refractivity contribution >= 4 is 5.91 Å². The monoisotopic (exact) mass is 339 g/mol. The number of carbonyl (C=O) groups excluding carboxylic acids is 1. The average Bonchev–Trinajstić information content (AvgIpc) is 3.03. The molecule has 0 radical (unpaired) electrons. The van der Waals surface area contributed by atoms with Gasteiger partial charge in [-0.1, -0.05) is 6.07 Å². The van der Waals surface area contributed by atoms with Crippen LogP contribution in [0.25, 0.3) is 0 Å². The Bertz CT molecular complexity index is 596. The molecule has 3 atom stereocenters. The number of aliphatic hydroxyl groups excluding tert-OH is 1. The Labute approximate surface area is 140 Å². The maximum absolute atomic E-state index is 13.7. The van der Waals surface area contributed by atoms with Gasteiger partial charge in [0.1, 0.15) is 11.6 Å². The summed E-state index contributed by atoms with van der Waals surface area (Å²) in [7, 11) is 0. The van der Waals surface area contributed by atoms with Gasteiger partial charge in [-0.2, -0.15) is 0 Å². The van der Waals surface area contributed by atoms with E-state index in [0.717, 1.165) is 18.9 Å². The molecule has 1 N–H and O–H groups in total. The highest BCUT2D eigenvalue weighted by Crippen LogP contribution is 2.30. The first-order valence-electron chi connectivity index (χ1n) is 8.55. The summed E-state index contributed by atoms with van der Waals surface area (Å²) in [5.41, 5.74) is 0.349. The summed E-state index contributed by atoms with van der Waals surface area (Å²) in [5.74, 6) is -1.32. The summed E-state index contributed by atoms with van der Waals surface area (Å²) in [6, 6.07) is 3.43. The first-order valence-corrected chi connectivity index (χ1v) is 8.55. The van der Waals surface area contributed by atoms with Crippen molar-refractivity contribution < 1.29 is 23.4 Å². The summed E-state index contributed by atoms with van der Waals surface area (Å²) < 4.78 is 32.1. The van der Waals surface area contributed by atoms with E-state index in [1.54, 1.807) is 0 Å². The lowest BCUT2D eigenvalue weighted by Gasteiger charge is -2.37. The van der Waals surface area contributed by atoms with Crippen LogP contribution in [-0.2, 0) is 16.0 Å². The summed E-state index contributed by atoms with van der Waals surface area (Å²) >= 11 is 0. The highest BCUT2D eigenvalue weighted by atomic mass is 19.1. The van der Waals surface area contributed by atoms with E-state index in [0.29, 0.717) is 31.7 Å². The SMILES string of the molecule is O=C(CCc1ccc(F)cc1F)N1CCC[C@@H]1[C@H]1COCC[C@@H]1O. The highest BCUT2D eigenvalue weighted by molar-refractivity contribution is 5.77. The van der Waals surface area contributed by atoms with Gasteiger partial charge < -0.3 is 14.7 Å². The average molecular weight is 339 g/mol. The molecule has 132 valence electrons. The van der Waals surface area contributed by atoms with E-state index in [4.69, 9.17) is 4.74 Å². The number of aliphatic hydroxyl groups is 1. The van der Waals surface area contributed by atoms with Crippen molar-refractivity contribution in [3.8, 4) is 0 Å². The van der Waals surface area contributed by atoms with E-state index in [2.05, 4.69) is 0 Å². The van der Waals surface area contributed by atoms with Gasteiger partial charge in [0.2, 0.25) is 5.91 Å². The van der Waals surface area contributed by atoms with Gasteiger partial charge >= 0.3 is 0 Å². The van der Waals surface area contributed by atoms with Gasteiger partial charge in [0.25, 0.3) is 0 Å². The number of hydrogen-bond donors (Lipinski definition) is 1. The third-order valence-electron chi connectivity index (χ3n) is 5.10. The molecule has 3 rings (SSSR count). The molecule has 0 unspecified atom stereocenters. The largest absolute Gasteiger partial charge is 0.393 e. The number of benzene rings is 1. The Morgan fingerprint density at radius 2 is 2.17 bits per heavy atom. The quantitative estimate of drug-likeness (QED) is 0.916. The summed E-state index contributed by atoms with van der Waals surface area (Å²) in [5, 5.41) is 10.2. The molecular formula is C18H23F2NO3. The molecule has 1 aromatic rings. The Kier molecular flexibility index (Phi) is 5.46. The van der Waals surface area contributed by atoms with Gasteiger partial charge in [0.05, 0.1) is 12.7 Å². The van der Waals surface area contributed by atoms with Crippen molar-refractivity contribution in [1.29, 1.82) is 0 Å². The molecule has 2 aliphatic rings. The minimum atomic E-state index is -0.617. The standard InChI is InChI=1S/C18H23F2NO3/c19-13-5-3-12(15(20)10-13)4-6-18(23)21-8-1-2-16(21)14-11-24-9-7-17(14)22/h3,5,10,14,16-17,22H,1-2,4,6-9,11H2/t14-,16-,17+/m1/s1. The number of likely N-dealkylation sites (tertiary alicyclic amines) is 1. The molecule has 1 amide bonds. The van der Waals surface area contributed by atoms with E-state index >= 15 is 0 Å². The van der Waals surface area contributed by atoms with Crippen LogP contribution in [0.4, 0.5) is 8.78 Å². The maximum atomic E-state index is 13.7. The lowest BCUT2D eigenvalue weighted by atomic mass is 9.89. The second-order valence-corrected chi connectivity index (χ2v) is 6.63. The molecule has 0 bridgehead atoms. The molecule has 0 spiro atoms. The van der Waals surface area contributed by atoms with E-state index < -0.39 is 17.7 Å². The van der Waals surface area contributed by atoms with E-state index in [-0.39, 0.29) is 30.7 Å². The zero-order chi connectivity index (χ0) is 17.1. The fraction of sp³-hybridized carbons (Fsp3) is 0.611. The summed E-state index contributed by atoms with van der Waals surface area (Å²) in [6.07, 6.45) is 2.36. The Balaban J connectivity index is 1.61. The number of ether oxygens (including phenoxy) is 1. The van der Waals surface area contributed by atoms with Gasteiger partial charge in [-0.05, 0) is 37.3 Å². The molecule has 6 heteroatoms. The van der Waals surface area contributed by atoms with Crippen LogP contribution in [0.15, 0.2) is 18.2 Å². The molecule has 2 fully saturated rings. The van der Waals surface area contributed by atoms with Crippen LogP contribution in [0, 0.1) is 17.6 Å². The molecule has 0 saturated carbocycles. The molecule has 0 aliphatic carbocycles. The van der Waals surface area contributed by atoms with Crippen molar-refractivity contribution in [2.75, 3.05) is 19.8 Å². The van der Waals surface area contributed by atoms with Crippen LogP contribution in [0.5, 0.6) is 0 Å². The van der Waals surface area contributed by atoms with Crippen LogP contribution >= 0.6 is 0 Å². The number of aryl methyl sites for hydroxylation is 1. The first kappa shape index (κ1) is 17.3. The molecule has 4 nitrogen and oxygen atoms in total.